The van der Waals surface area contributed by atoms with Crippen molar-refractivity contribution in [3.05, 3.63) is 45.9 Å². The lowest BCUT2D eigenvalue weighted by Gasteiger charge is -2.12. The number of halogens is 1. The van der Waals surface area contributed by atoms with E-state index in [1.54, 1.807) is 19.2 Å². The topological polar surface area (TPSA) is 54.0 Å². The first-order valence-electron chi connectivity index (χ1n) is 6.55. The minimum Gasteiger partial charge on any atom is -0.493 e. The molecule has 2 aromatic carbocycles. The first kappa shape index (κ1) is 14.7. The van der Waals surface area contributed by atoms with Gasteiger partial charge >= 0.3 is 0 Å². The Kier molecular flexibility index (Phi) is 4.20. The summed E-state index contributed by atoms with van der Waals surface area (Å²) in [4.78, 5) is 11.0. The third-order valence-electron chi connectivity index (χ3n) is 3.24. The Labute approximate surface area is 135 Å². The van der Waals surface area contributed by atoms with Crippen molar-refractivity contribution >= 4 is 22.2 Å². The number of methoxy groups -OCH3 is 1. The molecule has 0 radical (unpaired) electrons. The van der Waals surface area contributed by atoms with E-state index in [9.17, 15) is 4.79 Å². The highest BCUT2D eigenvalue weighted by atomic mass is 79.9. The van der Waals surface area contributed by atoms with Crippen LogP contribution in [0.4, 0.5) is 0 Å². The van der Waals surface area contributed by atoms with Crippen LogP contribution in [0, 0.1) is 0 Å². The summed E-state index contributed by atoms with van der Waals surface area (Å²) in [6, 6.07) is 8.96. The van der Waals surface area contributed by atoms with Crippen LogP contribution in [-0.4, -0.2) is 20.2 Å². The van der Waals surface area contributed by atoms with E-state index in [2.05, 4.69) is 15.9 Å². The molecule has 0 atom stereocenters. The van der Waals surface area contributed by atoms with E-state index in [4.69, 9.17) is 18.9 Å². The molecule has 0 fully saturated rings. The van der Waals surface area contributed by atoms with Crippen LogP contribution in [0.1, 0.15) is 15.9 Å². The van der Waals surface area contributed by atoms with E-state index in [0.717, 1.165) is 17.6 Å². The highest BCUT2D eigenvalue weighted by molar-refractivity contribution is 9.10. The van der Waals surface area contributed by atoms with Crippen LogP contribution in [-0.2, 0) is 6.61 Å². The van der Waals surface area contributed by atoms with Crippen LogP contribution in [0.15, 0.2) is 34.8 Å². The summed E-state index contributed by atoms with van der Waals surface area (Å²) < 4.78 is 22.3. The quantitative estimate of drug-likeness (QED) is 0.759. The van der Waals surface area contributed by atoms with Gasteiger partial charge in [-0.3, -0.25) is 4.79 Å². The largest absolute Gasteiger partial charge is 0.493 e. The molecule has 2 aromatic rings. The Bertz CT molecular complexity index is 714. The zero-order valence-corrected chi connectivity index (χ0v) is 13.4. The number of hydrogen-bond donors (Lipinski definition) is 0. The zero-order valence-electron chi connectivity index (χ0n) is 11.8. The summed E-state index contributed by atoms with van der Waals surface area (Å²) >= 11 is 3.31. The molecule has 3 rings (SSSR count). The van der Waals surface area contributed by atoms with Crippen molar-refractivity contribution in [2.75, 3.05) is 13.9 Å². The molecule has 114 valence electrons. The van der Waals surface area contributed by atoms with E-state index in [-0.39, 0.29) is 6.79 Å². The SMILES string of the molecule is COc1cc(Br)c(C=O)cc1OCc1ccc2c(c1)OCO2. The van der Waals surface area contributed by atoms with Crippen molar-refractivity contribution < 1.29 is 23.7 Å². The smallest absolute Gasteiger partial charge is 0.231 e. The highest BCUT2D eigenvalue weighted by Crippen LogP contribution is 2.35. The number of rotatable bonds is 5. The van der Waals surface area contributed by atoms with Gasteiger partial charge in [-0.05, 0) is 45.8 Å². The maximum Gasteiger partial charge on any atom is 0.231 e. The molecule has 6 heteroatoms. The van der Waals surface area contributed by atoms with Gasteiger partial charge in [-0.1, -0.05) is 6.07 Å². The summed E-state index contributed by atoms with van der Waals surface area (Å²) in [7, 11) is 1.55. The van der Waals surface area contributed by atoms with Gasteiger partial charge in [0, 0.05) is 10.0 Å². The summed E-state index contributed by atoms with van der Waals surface area (Å²) in [5, 5.41) is 0. The number of ether oxygens (including phenoxy) is 4. The number of carbonyl (C=O) groups excluding carboxylic acids is 1. The molecule has 0 aliphatic carbocycles. The molecule has 0 saturated heterocycles. The summed E-state index contributed by atoms with van der Waals surface area (Å²) in [5.74, 6) is 2.49. The van der Waals surface area contributed by atoms with Crippen molar-refractivity contribution in [3.63, 3.8) is 0 Å². The molecule has 1 heterocycles. The Morgan fingerprint density at radius 3 is 2.77 bits per heavy atom. The Morgan fingerprint density at radius 1 is 1.18 bits per heavy atom. The Morgan fingerprint density at radius 2 is 2.00 bits per heavy atom. The molecule has 0 saturated carbocycles. The van der Waals surface area contributed by atoms with E-state index in [1.165, 1.54) is 0 Å². The number of hydrogen-bond acceptors (Lipinski definition) is 5. The average Bonchev–Trinajstić information content (AvgIpc) is 3.00. The van der Waals surface area contributed by atoms with Gasteiger partial charge in [-0.2, -0.15) is 0 Å². The van der Waals surface area contributed by atoms with E-state index < -0.39 is 0 Å². The van der Waals surface area contributed by atoms with Gasteiger partial charge in [0.1, 0.15) is 6.61 Å². The van der Waals surface area contributed by atoms with Gasteiger partial charge in [0.25, 0.3) is 0 Å². The molecule has 1 aliphatic rings. The van der Waals surface area contributed by atoms with E-state index in [0.29, 0.717) is 33.9 Å². The zero-order chi connectivity index (χ0) is 15.5. The predicted molar refractivity (Wildman–Crippen MR) is 83.0 cm³/mol. The van der Waals surface area contributed by atoms with E-state index >= 15 is 0 Å². The van der Waals surface area contributed by atoms with Gasteiger partial charge < -0.3 is 18.9 Å². The first-order chi connectivity index (χ1) is 10.7. The van der Waals surface area contributed by atoms with Crippen molar-refractivity contribution in [2.45, 2.75) is 6.61 Å². The average molecular weight is 365 g/mol. The summed E-state index contributed by atoms with van der Waals surface area (Å²) in [5.41, 5.74) is 1.43. The molecule has 22 heavy (non-hydrogen) atoms. The fourth-order valence-electron chi connectivity index (χ4n) is 2.11. The molecular weight excluding hydrogens is 352 g/mol. The normalized spacial score (nSPS) is 12.1. The maximum absolute atomic E-state index is 11.0. The maximum atomic E-state index is 11.0. The molecule has 1 aliphatic heterocycles. The van der Waals surface area contributed by atoms with Crippen LogP contribution in [0.5, 0.6) is 23.0 Å². The molecule has 0 unspecified atom stereocenters. The van der Waals surface area contributed by atoms with Crippen LogP contribution in [0.3, 0.4) is 0 Å². The van der Waals surface area contributed by atoms with E-state index in [1.807, 2.05) is 18.2 Å². The lowest BCUT2D eigenvalue weighted by molar-refractivity contribution is 0.112. The third kappa shape index (κ3) is 2.87. The predicted octanol–water partition coefficient (Wildman–Crippen LogP) is 3.58. The van der Waals surface area contributed by atoms with Crippen molar-refractivity contribution in [3.8, 4) is 23.0 Å². The van der Waals surface area contributed by atoms with Crippen LogP contribution in [0.2, 0.25) is 0 Å². The van der Waals surface area contributed by atoms with Gasteiger partial charge in [0.05, 0.1) is 7.11 Å². The molecule has 0 spiro atoms. The van der Waals surface area contributed by atoms with Crippen LogP contribution in [0.25, 0.3) is 0 Å². The second-order valence-corrected chi connectivity index (χ2v) is 5.47. The molecule has 0 aromatic heterocycles. The first-order valence-corrected chi connectivity index (χ1v) is 7.34. The molecule has 0 N–H and O–H groups in total. The second kappa shape index (κ2) is 6.27. The minimum absolute atomic E-state index is 0.239. The second-order valence-electron chi connectivity index (χ2n) is 4.62. The van der Waals surface area contributed by atoms with Gasteiger partial charge in [0.2, 0.25) is 6.79 Å². The summed E-state index contributed by atoms with van der Waals surface area (Å²) in [6.07, 6.45) is 0.761. The molecule has 0 bridgehead atoms. The molecular formula is C16H13BrO5. The summed E-state index contributed by atoms with van der Waals surface area (Å²) in [6.45, 7) is 0.565. The van der Waals surface area contributed by atoms with Crippen molar-refractivity contribution in [2.24, 2.45) is 0 Å². The molecule has 5 nitrogen and oxygen atoms in total. The monoisotopic (exact) mass is 364 g/mol. The van der Waals surface area contributed by atoms with Gasteiger partial charge in [0.15, 0.2) is 29.3 Å². The standard InChI is InChI=1S/C16H13BrO5/c1-19-14-6-12(17)11(7-18)5-16(14)20-8-10-2-3-13-15(4-10)22-9-21-13/h2-7H,8-9H2,1H3. The highest BCUT2D eigenvalue weighted by Gasteiger charge is 2.14. The van der Waals surface area contributed by atoms with Gasteiger partial charge in [-0.25, -0.2) is 0 Å². The number of fused-ring (bicyclic) bond motifs is 1. The Hall–Kier alpha value is -2.21. The lowest BCUT2D eigenvalue weighted by Crippen LogP contribution is -1.99. The fraction of sp³-hybridized carbons (Fsp3) is 0.188. The van der Waals surface area contributed by atoms with Crippen LogP contribution >= 0.6 is 15.9 Å². The van der Waals surface area contributed by atoms with Gasteiger partial charge in [-0.15, -0.1) is 0 Å². The van der Waals surface area contributed by atoms with Crippen LogP contribution < -0.4 is 18.9 Å². The number of aldehydes is 1. The third-order valence-corrected chi connectivity index (χ3v) is 3.93. The number of carbonyl (C=O) groups is 1. The molecule has 0 amide bonds. The fourth-order valence-corrected chi connectivity index (χ4v) is 2.52. The van der Waals surface area contributed by atoms with Crippen molar-refractivity contribution in [1.29, 1.82) is 0 Å². The number of benzene rings is 2. The minimum atomic E-state index is 0.239. The van der Waals surface area contributed by atoms with Crippen molar-refractivity contribution in [1.82, 2.24) is 0 Å². The Balaban J connectivity index is 1.79. The lowest BCUT2D eigenvalue weighted by atomic mass is 10.2.